The van der Waals surface area contributed by atoms with Crippen LogP contribution in [-0.2, 0) is 14.4 Å². The molecule has 2 aliphatic carbocycles. The largest absolute Gasteiger partial charge is 0.324 e. The topological polar surface area (TPSA) is 66.5 Å². The van der Waals surface area contributed by atoms with Crippen molar-refractivity contribution in [1.82, 2.24) is 4.90 Å². The van der Waals surface area contributed by atoms with Gasteiger partial charge in [0.1, 0.15) is 6.04 Å². The van der Waals surface area contributed by atoms with Gasteiger partial charge in [0.05, 0.1) is 11.8 Å². The average molecular weight is 361 g/mol. The molecule has 25 heavy (non-hydrogen) atoms. The van der Waals surface area contributed by atoms with Crippen LogP contribution in [0.5, 0.6) is 0 Å². The van der Waals surface area contributed by atoms with Crippen LogP contribution in [0.2, 0.25) is 5.02 Å². The van der Waals surface area contributed by atoms with Crippen LogP contribution in [0.1, 0.15) is 31.7 Å². The van der Waals surface area contributed by atoms with Gasteiger partial charge in [-0.3, -0.25) is 19.3 Å². The highest BCUT2D eigenvalue weighted by Gasteiger charge is 2.62. The van der Waals surface area contributed by atoms with Gasteiger partial charge in [0.2, 0.25) is 17.7 Å². The number of hydrogen-bond acceptors (Lipinski definition) is 3. The lowest BCUT2D eigenvalue weighted by atomic mass is 9.81. The Morgan fingerprint density at radius 1 is 1.20 bits per heavy atom. The molecule has 1 saturated heterocycles. The minimum absolute atomic E-state index is 0.160. The van der Waals surface area contributed by atoms with Gasteiger partial charge in [-0.15, -0.1) is 0 Å². The van der Waals surface area contributed by atoms with Crippen molar-refractivity contribution in [1.29, 1.82) is 0 Å². The summed E-state index contributed by atoms with van der Waals surface area (Å²) < 4.78 is 0. The van der Waals surface area contributed by atoms with Crippen LogP contribution in [0, 0.1) is 30.6 Å². The lowest BCUT2D eigenvalue weighted by Gasteiger charge is -2.23. The van der Waals surface area contributed by atoms with Crippen molar-refractivity contribution in [3.63, 3.8) is 0 Å². The monoisotopic (exact) mass is 360 g/mol. The minimum atomic E-state index is -0.815. The fourth-order valence-electron chi connectivity index (χ4n) is 4.85. The number of anilines is 1. The first kappa shape index (κ1) is 16.6. The first-order valence-electron chi connectivity index (χ1n) is 8.82. The molecule has 5 atom stereocenters. The van der Waals surface area contributed by atoms with E-state index in [0.29, 0.717) is 22.5 Å². The maximum absolute atomic E-state index is 12.8. The second kappa shape index (κ2) is 5.84. The lowest BCUT2D eigenvalue weighted by molar-refractivity contribution is -0.146. The van der Waals surface area contributed by atoms with E-state index in [0.717, 1.165) is 24.8 Å². The molecule has 1 aromatic carbocycles. The Bertz CT molecular complexity index is 750. The van der Waals surface area contributed by atoms with Gasteiger partial charge in [-0.05, 0) is 62.6 Å². The molecule has 0 unspecified atom stereocenters. The lowest BCUT2D eigenvalue weighted by Crippen LogP contribution is -2.46. The molecule has 5 nitrogen and oxygen atoms in total. The number of imide groups is 1. The number of nitrogens with one attached hydrogen (secondary N) is 1. The second-order valence-electron chi connectivity index (χ2n) is 7.56. The van der Waals surface area contributed by atoms with Gasteiger partial charge < -0.3 is 5.32 Å². The maximum atomic E-state index is 12.8. The SMILES string of the molecule is Cc1ccc(NC(=O)[C@H](C)N2C(=O)[C@H]3[C@H]4CC[C@@H](C4)[C@@H]3C2=O)cc1Cl. The number of amides is 3. The highest BCUT2D eigenvalue weighted by molar-refractivity contribution is 6.31. The summed E-state index contributed by atoms with van der Waals surface area (Å²) in [5, 5.41) is 3.32. The molecule has 3 aliphatic rings. The van der Waals surface area contributed by atoms with E-state index >= 15 is 0 Å². The normalized spacial score (nSPS) is 31.4. The molecule has 4 rings (SSSR count). The standard InChI is InChI=1S/C19H21ClN2O3/c1-9-3-6-13(8-14(9)20)21-17(23)10(2)22-18(24)15-11-4-5-12(7-11)16(15)19(22)25/h3,6,8,10-12,15-16H,4-5,7H2,1-2H3,(H,21,23)/t10-,11-,12-,15-,16-/m0/s1. The van der Waals surface area contributed by atoms with Crippen LogP contribution in [0.15, 0.2) is 18.2 Å². The molecule has 0 spiro atoms. The van der Waals surface area contributed by atoms with Crippen LogP contribution < -0.4 is 5.32 Å². The van der Waals surface area contributed by atoms with Crippen molar-refractivity contribution in [3.8, 4) is 0 Å². The number of aryl methyl sites for hydroxylation is 1. The van der Waals surface area contributed by atoms with Crippen molar-refractivity contribution < 1.29 is 14.4 Å². The fourth-order valence-corrected chi connectivity index (χ4v) is 5.03. The van der Waals surface area contributed by atoms with E-state index in [2.05, 4.69) is 5.32 Å². The third kappa shape index (κ3) is 2.48. The van der Waals surface area contributed by atoms with Gasteiger partial charge in [-0.25, -0.2) is 0 Å². The number of halogens is 1. The molecule has 1 aliphatic heterocycles. The van der Waals surface area contributed by atoms with E-state index in [1.165, 1.54) is 4.90 Å². The number of carbonyl (C=O) groups is 3. The van der Waals surface area contributed by atoms with Crippen molar-refractivity contribution in [2.45, 2.75) is 39.2 Å². The number of hydrogen-bond donors (Lipinski definition) is 1. The number of likely N-dealkylation sites (tertiary alicyclic amines) is 1. The van der Waals surface area contributed by atoms with Crippen LogP contribution >= 0.6 is 11.6 Å². The summed E-state index contributed by atoms with van der Waals surface area (Å²) in [6.07, 6.45) is 3.05. The van der Waals surface area contributed by atoms with E-state index in [9.17, 15) is 14.4 Å². The van der Waals surface area contributed by atoms with Crippen LogP contribution in [0.25, 0.3) is 0 Å². The van der Waals surface area contributed by atoms with Gasteiger partial charge in [0.25, 0.3) is 0 Å². The third-order valence-corrected chi connectivity index (χ3v) is 6.57. The van der Waals surface area contributed by atoms with Crippen molar-refractivity contribution >= 4 is 35.0 Å². The zero-order valence-electron chi connectivity index (χ0n) is 14.3. The van der Waals surface area contributed by atoms with Gasteiger partial charge in [0, 0.05) is 10.7 Å². The van der Waals surface area contributed by atoms with E-state index in [1.54, 1.807) is 19.1 Å². The molecule has 2 saturated carbocycles. The summed E-state index contributed by atoms with van der Waals surface area (Å²) in [4.78, 5) is 39.4. The van der Waals surface area contributed by atoms with Crippen LogP contribution in [-0.4, -0.2) is 28.7 Å². The highest BCUT2D eigenvalue weighted by Crippen LogP contribution is 2.56. The number of carbonyl (C=O) groups excluding carboxylic acids is 3. The quantitative estimate of drug-likeness (QED) is 0.842. The van der Waals surface area contributed by atoms with Gasteiger partial charge in [-0.1, -0.05) is 17.7 Å². The summed E-state index contributed by atoms with van der Waals surface area (Å²) in [6.45, 7) is 3.50. The Labute approximate surface area is 151 Å². The average Bonchev–Trinajstić information content (AvgIpc) is 3.24. The molecule has 3 fully saturated rings. The Balaban J connectivity index is 1.51. The van der Waals surface area contributed by atoms with Gasteiger partial charge in [0.15, 0.2) is 0 Å². The highest BCUT2D eigenvalue weighted by atomic mass is 35.5. The predicted octanol–water partition coefficient (Wildman–Crippen LogP) is 3.01. The predicted molar refractivity (Wildman–Crippen MR) is 93.9 cm³/mol. The molecule has 132 valence electrons. The first-order chi connectivity index (χ1) is 11.9. The number of benzene rings is 1. The van der Waals surface area contributed by atoms with Crippen molar-refractivity contribution in [3.05, 3.63) is 28.8 Å². The Kier molecular flexibility index (Phi) is 3.87. The van der Waals surface area contributed by atoms with Gasteiger partial charge in [-0.2, -0.15) is 0 Å². The molecule has 3 amide bonds. The molecule has 6 heteroatoms. The molecule has 2 bridgehead atoms. The molecule has 0 radical (unpaired) electrons. The zero-order valence-corrected chi connectivity index (χ0v) is 15.0. The first-order valence-corrected chi connectivity index (χ1v) is 9.20. The number of rotatable bonds is 3. The number of fused-ring (bicyclic) bond motifs is 5. The summed E-state index contributed by atoms with van der Waals surface area (Å²) in [5.74, 6) is -0.441. The molecule has 0 aromatic heterocycles. The maximum Gasteiger partial charge on any atom is 0.247 e. The summed E-state index contributed by atoms with van der Waals surface area (Å²) in [6, 6.07) is 4.43. The minimum Gasteiger partial charge on any atom is -0.324 e. The summed E-state index contributed by atoms with van der Waals surface area (Å²) >= 11 is 6.08. The van der Waals surface area contributed by atoms with Crippen LogP contribution in [0.4, 0.5) is 5.69 Å². The zero-order chi connectivity index (χ0) is 17.9. The third-order valence-electron chi connectivity index (χ3n) is 6.17. The Morgan fingerprint density at radius 2 is 1.80 bits per heavy atom. The molecular formula is C19H21ClN2O3. The van der Waals surface area contributed by atoms with Crippen molar-refractivity contribution in [2.24, 2.45) is 23.7 Å². The van der Waals surface area contributed by atoms with Gasteiger partial charge >= 0.3 is 0 Å². The number of nitrogens with zero attached hydrogens (tertiary/aromatic N) is 1. The van der Waals surface area contributed by atoms with E-state index in [-0.39, 0.29) is 29.6 Å². The smallest absolute Gasteiger partial charge is 0.247 e. The Hall–Kier alpha value is -1.88. The second-order valence-corrected chi connectivity index (χ2v) is 7.97. The van der Waals surface area contributed by atoms with E-state index < -0.39 is 6.04 Å². The molecule has 1 aromatic rings. The molecular weight excluding hydrogens is 340 g/mol. The van der Waals surface area contributed by atoms with E-state index in [4.69, 9.17) is 11.6 Å². The van der Waals surface area contributed by atoms with E-state index in [1.807, 2.05) is 13.0 Å². The summed E-state index contributed by atoms with van der Waals surface area (Å²) in [5.41, 5.74) is 1.48. The van der Waals surface area contributed by atoms with Crippen LogP contribution in [0.3, 0.4) is 0 Å². The summed E-state index contributed by atoms with van der Waals surface area (Å²) in [7, 11) is 0. The van der Waals surface area contributed by atoms with Crippen molar-refractivity contribution in [2.75, 3.05) is 5.32 Å². The molecule has 1 N–H and O–H groups in total. The Morgan fingerprint density at radius 3 is 2.36 bits per heavy atom. The molecule has 1 heterocycles. The fraction of sp³-hybridized carbons (Fsp3) is 0.526.